The maximum Gasteiger partial charge on any atom is 0.255 e. The monoisotopic (exact) mass is 467 g/mol. The standard InChI is InChI=1S/C25H27FN4O4/c26-18-11-19-20(15-30(25(19)33)22-5-6-23(31)28-24(22)32)21(12-18)27-13-16-1-3-17(4-2-16)14-29-7-9-34-10-8-29/h1-4,11-12,22,27H,5-10,13-15H2,(H,28,31,32)/t22-/m1/s1/i22D. The molecular weight excluding hydrogens is 439 g/mol. The lowest BCUT2D eigenvalue weighted by atomic mass is 10.0. The summed E-state index contributed by atoms with van der Waals surface area (Å²) in [7, 11) is 0. The van der Waals surface area contributed by atoms with Crippen molar-refractivity contribution in [3.63, 3.8) is 0 Å². The molecule has 2 aromatic carbocycles. The summed E-state index contributed by atoms with van der Waals surface area (Å²) in [5, 5.41) is 5.35. The van der Waals surface area contributed by atoms with E-state index < -0.39 is 29.6 Å². The van der Waals surface area contributed by atoms with Gasteiger partial charge in [0.1, 0.15) is 11.8 Å². The molecule has 0 aliphatic carbocycles. The number of halogens is 1. The summed E-state index contributed by atoms with van der Waals surface area (Å²) in [6.07, 6.45) is -0.129. The first kappa shape index (κ1) is 21.2. The van der Waals surface area contributed by atoms with Gasteiger partial charge in [0, 0.05) is 56.0 Å². The largest absolute Gasteiger partial charge is 0.381 e. The number of benzene rings is 2. The molecule has 2 fully saturated rings. The average Bonchev–Trinajstić information content (AvgIpc) is 3.19. The minimum Gasteiger partial charge on any atom is -0.381 e. The van der Waals surface area contributed by atoms with Crippen molar-refractivity contribution in [1.29, 1.82) is 0 Å². The minimum atomic E-state index is -1.91. The van der Waals surface area contributed by atoms with E-state index >= 15 is 0 Å². The molecule has 2 aromatic rings. The van der Waals surface area contributed by atoms with Crippen LogP contribution in [0.3, 0.4) is 0 Å². The number of imide groups is 1. The van der Waals surface area contributed by atoms with E-state index in [4.69, 9.17) is 6.11 Å². The quantitative estimate of drug-likeness (QED) is 0.632. The average molecular weight is 468 g/mol. The predicted molar refractivity (Wildman–Crippen MR) is 122 cm³/mol. The first-order valence-corrected chi connectivity index (χ1v) is 11.4. The third-order valence-corrected chi connectivity index (χ3v) is 6.45. The van der Waals surface area contributed by atoms with Crippen LogP contribution >= 0.6 is 0 Å². The van der Waals surface area contributed by atoms with E-state index in [0.29, 0.717) is 17.8 Å². The summed E-state index contributed by atoms with van der Waals surface area (Å²) in [6, 6.07) is 8.72. The van der Waals surface area contributed by atoms with Crippen LogP contribution in [0.5, 0.6) is 0 Å². The van der Waals surface area contributed by atoms with Crippen molar-refractivity contribution < 1.29 is 24.9 Å². The van der Waals surface area contributed by atoms with Crippen LogP contribution in [0.15, 0.2) is 36.4 Å². The van der Waals surface area contributed by atoms with Crippen molar-refractivity contribution in [2.45, 2.75) is 38.5 Å². The molecule has 3 aliphatic rings. The van der Waals surface area contributed by atoms with Gasteiger partial charge >= 0.3 is 0 Å². The van der Waals surface area contributed by atoms with Gasteiger partial charge in [0.05, 0.1) is 14.6 Å². The molecular formula is C25H27FN4O4. The molecule has 3 amide bonds. The fraction of sp³-hybridized carbons (Fsp3) is 0.400. The van der Waals surface area contributed by atoms with Gasteiger partial charge in [0.2, 0.25) is 11.8 Å². The number of nitrogens with one attached hydrogen (secondary N) is 2. The van der Waals surface area contributed by atoms with E-state index in [1.165, 1.54) is 11.6 Å². The van der Waals surface area contributed by atoms with Crippen LogP contribution in [0, 0.1) is 5.82 Å². The zero-order chi connectivity index (χ0) is 24.6. The van der Waals surface area contributed by atoms with Gasteiger partial charge in [-0.15, -0.1) is 0 Å². The van der Waals surface area contributed by atoms with Crippen molar-refractivity contribution >= 4 is 23.4 Å². The Hall–Kier alpha value is -3.30. The Morgan fingerprint density at radius 3 is 2.59 bits per heavy atom. The predicted octanol–water partition coefficient (Wildman–Crippen LogP) is 2.03. The number of carbonyl (C=O) groups excluding carboxylic acids is 3. The van der Waals surface area contributed by atoms with Gasteiger partial charge in [0.25, 0.3) is 5.91 Å². The van der Waals surface area contributed by atoms with Gasteiger partial charge in [-0.3, -0.25) is 24.6 Å². The second kappa shape index (κ2) is 9.52. The fourth-order valence-corrected chi connectivity index (χ4v) is 4.59. The first-order chi connectivity index (χ1) is 16.8. The van der Waals surface area contributed by atoms with Crippen LogP contribution < -0.4 is 10.6 Å². The molecule has 3 heterocycles. The number of morpholine rings is 1. The molecule has 2 N–H and O–H groups in total. The van der Waals surface area contributed by atoms with E-state index in [1.807, 2.05) is 12.1 Å². The van der Waals surface area contributed by atoms with Crippen molar-refractivity contribution in [3.8, 4) is 0 Å². The van der Waals surface area contributed by atoms with E-state index in [1.54, 1.807) is 0 Å². The van der Waals surface area contributed by atoms with Crippen LogP contribution in [-0.2, 0) is 34.0 Å². The van der Waals surface area contributed by atoms with E-state index in [9.17, 15) is 18.8 Å². The molecule has 3 aliphatic heterocycles. The highest BCUT2D eigenvalue weighted by Gasteiger charge is 2.40. The number of ether oxygens (including phenoxy) is 1. The highest BCUT2D eigenvalue weighted by atomic mass is 19.1. The summed E-state index contributed by atoms with van der Waals surface area (Å²) in [5.74, 6) is -2.47. The molecule has 0 bridgehead atoms. The maximum absolute atomic E-state index is 14.4. The number of hydrogen-bond donors (Lipinski definition) is 2. The van der Waals surface area contributed by atoms with E-state index in [-0.39, 0.29) is 24.9 Å². The molecule has 0 unspecified atom stereocenters. The Kier molecular flexibility index (Phi) is 5.95. The van der Waals surface area contributed by atoms with Crippen molar-refractivity contribution in [1.82, 2.24) is 15.1 Å². The normalized spacial score (nSPS) is 23.5. The second-order valence-corrected chi connectivity index (χ2v) is 8.75. The molecule has 34 heavy (non-hydrogen) atoms. The van der Waals surface area contributed by atoms with Crippen molar-refractivity contribution in [2.75, 3.05) is 31.6 Å². The fourth-order valence-electron chi connectivity index (χ4n) is 4.59. The van der Waals surface area contributed by atoms with Crippen LogP contribution in [0.4, 0.5) is 10.1 Å². The number of piperidine rings is 1. The molecule has 5 rings (SSSR count). The van der Waals surface area contributed by atoms with Gasteiger partial charge in [-0.25, -0.2) is 4.39 Å². The Morgan fingerprint density at radius 2 is 1.85 bits per heavy atom. The molecule has 1 atom stereocenters. The Balaban J connectivity index is 1.29. The van der Waals surface area contributed by atoms with E-state index in [0.717, 1.165) is 49.4 Å². The Morgan fingerprint density at radius 1 is 1.12 bits per heavy atom. The Bertz CT molecular complexity index is 1170. The summed E-state index contributed by atoms with van der Waals surface area (Å²) in [6.45, 7) is 4.61. The minimum absolute atomic E-state index is 0.0135. The zero-order valence-corrected chi connectivity index (χ0v) is 18.7. The topological polar surface area (TPSA) is 91.0 Å². The highest BCUT2D eigenvalue weighted by molar-refractivity contribution is 6.06. The van der Waals surface area contributed by atoms with Crippen LogP contribution in [0.1, 0.15) is 41.3 Å². The van der Waals surface area contributed by atoms with Gasteiger partial charge in [-0.1, -0.05) is 24.3 Å². The van der Waals surface area contributed by atoms with Gasteiger partial charge in [-0.2, -0.15) is 0 Å². The molecule has 0 spiro atoms. The molecule has 178 valence electrons. The smallest absolute Gasteiger partial charge is 0.255 e. The zero-order valence-electron chi connectivity index (χ0n) is 19.7. The summed E-state index contributed by atoms with van der Waals surface area (Å²) in [5.41, 5.74) is 3.32. The summed E-state index contributed by atoms with van der Waals surface area (Å²) in [4.78, 5) is 40.4. The number of anilines is 1. The van der Waals surface area contributed by atoms with Gasteiger partial charge < -0.3 is 15.0 Å². The van der Waals surface area contributed by atoms with Crippen LogP contribution in [-0.4, -0.2) is 59.8 Å². The SMILES string of the molecule is [2H][C@@]1(N2Cc3c(NCc4ccc(CN5CCOCC5)cc4)cc(F)cc3C2=O)CCC(=O)NC1=O. The van der Waals surface area contributed by atoms with Crippen LogP contribution in [0.2, 0.25) is 0 Å². The van der Waals surface area contributed by atoms with Gasteiger partial charge in [0.15, 0.2) is 0 Å². The molecule has 0 radical (unpaired) electrons. The third-order valence-electron chi connectivity index (χ3n) is 6.45. The lowest BCUT2D eigenvalue weighted by Gasteiger charge is -2.29. The number of amides is 3. The summed E-state index contributed by atoms with van der Waals surface area (Å²) >= 11 is 0. The Labute approximate surface area is 198 Å². The molecule has 9 heteroatoms. The molecule has 0 saturated carbocycles. The molecule has 8 nitrogen and oxygen atoms in total. The van der Waals surface area contributed by atoms with Crippen molar-refractivity contribution in [3.05, 3.63) is 64.5 Å². The number of hydrogen-bond acceptors (Lipinski definition) is 6. The number of fused-ring (bicyclic) bond motifs is 1. The van der Waals surface area contributed by atoms with Crippen LogP contribution in [0.25, 0.3) is 0 Å². The molecule has 0 aromatic heterocycles. The van der Waals surface area contributed by atoms with Gasteiger partial charge in [-0.05, 0) is 29.7 Å². The number of rotatable bonds is 6. The van der Waals surface area contributed by atoms with E-state index in [2.05, 4.69) is 27.7 Å². The summed E-state index contributed by atoms with van der Waals surface area (Å²) < 4.78 is 28.4. The highest BCUT2D eigenvalue weighted by Crippen LogP contribution is 2.33. The third kappa shape index (κ3) is 4.67. The lowest BCUT2D eigenvalue weighted by Crippen LogP contribution is -2.52. The maximum atomic E-state index is 14.4. The molecule has 2 saturated heterocycles. The van der Waals surface area contributed by atoms with Crippen molar-refractivity contribution in [2.24, 2.45) is 0 Å². The second-order valence-electron chi connectivity index (χ2n) is 8.75. The number of nitrogens with zero attached hydrogens (tertiary/aromatic N) is 2. The lowest BCUT2D eigenvalue weighted by molar-refractivity contribution is -0.136. The first-order valence-electron chi connectivity index (χ1n) is 11.9. The number of carbonyl (C=O) groups is 3.